The average molecular weight is 460 g/mol. The van der Waals surface area contributed by atoms with Gasteiger partial charge in [0.2, 0.25) is 15.9 Å². The Labute approximate surface area is 189 Å². The Morgan fingerprint density at radius 2 is 1.91 bits per heavy atom. The number of morpholine rings is 1. The Morgan fingerprint density at radius 3 is 2.66 bits per heavy atom. The number of ether oxygens (including phenoxy) is 2. The van der Waals surface area contributed by atoms with Crippen molar-refractivity contribution in [3.8, 4) is 5.75 Å². The monoisotopic (exact) mass is 459 g/mol. The van der Waals surface area contributed by atoms with E-state index in [0.29, 0.717) is 50.9 Å². The lowest BCUT2D eigenvalue weighted by Crippen LogP contribution is -2.41. The number of sulfonamides is 1. The summed E-state index contributed by atoms with van der Waals surface area (Å²) in [6.07, 6.45) is 0.826. The van der Waals surface area contributed by atoms with Gasteiger partial charge in [-0.05, 0) is 50.1 Å². The number of para-hydroxylation sites is 1. The fourth-order valence-corrected chi connectivity index (χ4v) is 5.53. The summed E-state index contributed by atoms with van der Waals surface area (Å²) in [7, 11) is -3.67. The lowest BCUT2D eigenvalue weighted by atomic mass is 10.2. The standard InChI is InChI=1S/C23H29N3O5S/c1-3-31-22-9-8-19(32(28,29)25-12-14-30-15-13-25)16-20(22)24-17(2)23(27)26-11-10-18-6-4-5-7-21(18)26/h4-9,16-17,24H,3,10-15H2,1-2H3. The molecule has 2 aromatic carbocycles. The van der Waals surface area contributed by atoms with Crippen molar-refractivity contribution >= 4 is 27.3 Å². The molecule has 8 nitrogen and oxygen atoms in total. The SMILES string of the molecule is CCOc1ccc(S(=O)(=O)N2CCOCC2)cc1NC(C)C(=O)N1CCc2ccccc21. The Hall–Kier alpha value is -2.62. The van der Waals surface area contributed by atoms with Gasteiger partial charge in [-0.1, -0.05) is 18.2 Å². The van der Waals surface area contributed by atoms with Gasteiger partial charge in [-0.15, -0.1) is 0 Å². The number of nitrogens with one attached hydrogen (secondary N) is 1. The van der Waals surface area contributed by atoms with Crippen LogP contribution in [0.25, 0.3) is 0 Å². The molecule has 0 radical (unpaired) electrons. The molecule has 1 N–H and O–H groups in total. The maximum absolute atomic E-state index is 13.2. The predicted molar refractivity (Wildman–Crippen MR) is 123 cm³/mol. The molecule has 1 amide bonds. The molecule has 1 fully saturated rings. The zero-order valence-electron chi connectivity index (χ0n) is 18.4. The van der Waals surface area contributed by atoms with Gasteiger partial charge >= 0.3 is 0 Å². The van der Waals surface area contributed by atoms with Gasteiger partial charge < -0.3 is 19.7 Å². The van der Waals surface area contributed by atoms with Crippen molar-refractivity contribution < 1.29 is 22.7 Å². The van der Waals surface area contributed by atoms with E-state index in [9.17, 15) is 13.2 Å². The highest BCUT2D eigenvalue weighted by Gasteiger charge is 2.30. The van der Waals surface area contributed by atoms with E-state index in [1.54, 1.807) is 30.0 Å². The van der Waals surface area contributed by atoms with Crippen molar-refractivity contribution in [2.45, 2.75) is 31.2 Å². The average Bonchev–Trinajstić information content (AvgIpc) is 3.24. The highest BCUT2D eigenvalue weighted by Crippen LogP contribution is 2.32. The van der Waals surface area contributed by atoms with Crippen LogP contribution in [0.3, 0.4) is 0 Å². The lowest BCUT2D eigenvalue weighted by molar-refractivity contribution is -0.118. The Balaban J connectivity index is 1.58. The summed E-state index contributed by atoms with van der Waals surface area (Å²) in [5.74, 6) is 0.439. The van der Waals surface area contributed by atoms with E-state index in [-0.39, 0.29) is 10.8 Å². The van der Waals surface area contributed by atoms with Crippen molar-refractivity contribution in [2.75, 3.05) is 49.7 Å². The minimum Gasteiger partial charge on any atom is -0.492 e. The third kappa shape index (κ3) is 4.46. The molecular weight excluding hydrogens is 430 g/mol. The number of carbonyl (C=O) groups is 1. The first-order chi connectivity index (χ1) is 15.4. The molecular formula is C23H29N3O5S. The maximum atomic E-state index is 13.2. The van der Waals surface area contributed by atoms with E-state index < -0.39 is 16.1 Å². The molecule has 9 heteroatoms. The topological polar surface area (TPSA) is 88.2 Å². The van der Waals surface area contributed by atoms with Gasteiger partial charge in [-0.25, -0.2) is 8.42 Å². The molecule has 172 valence electrons. The molecule has 0 saturated carbocycles. The van der Waals surface area contributed by atoms with Crippen LogP contribution in [0, 0.1) is 0 Å². The van der Waals surface area contributed by atoms with Crippen LogP contribution >= 0.6 is 0 Å². The second-order valence-electron chi connectivity index (χ2n) is 7.84. The summed E-state index contributed by atoms with van der Waals surface area (Å²) in [4.78, 5) is 15.1. The molecule has 2 aliphatic heterocycles. The van der Waals surface area contributed by atoms with Crippen LogP contribution in [0.2, 0.25) is 0 Å². The largest absolute Gasteiger partial charge is 0.492 e. The highest BCUT2D eigenvalue weighted by molar-refractivity contribution is 7.89. The van der Waals surface area contributed by atoms with Crippen LogP contribution in [-0.2, 0) is 26.0 Å². The molecule has 4 rings (SSSR count). The molecule has 2 heterocycles. The van der Waals surface area contributed by atoms with Crippen LogP contribution < -0.4 is 15.0 Å². The van der Waals surface area contributed by atoms with Crippen LogP contribution in [0.5, 0.6) is 5.75 Å². The van der Waals surface area contributed by atoms with Crippen LogP contribution in [0.1, 0.15) is 19.4 Å². The summed E-state index contributed by atoms with van der Waals surface area (Å²) in [6.45, 7) is 6.09. The van der Waals surface area contributed by atoms with E-state index in [0.717, 1.165) is 17.7 Å². The zero-order valence-corrected chi connectivity index (χ0v) is 19.2. The summed E-state index contributed by atoms with van der Waals surface area (Å²) >= 11 is 0. The van der Waals surface area contributed by atoms with Crippen LogP contribution in [0.4, 0.5) is 11.4 Å². The lowest BCUT2D eigenvalue weighted by Gasteiger charge is -2.27. The number of carbonyl (C=O) groups excluding carboxylic acids is 1. The molecule has 0 spiro atoms. The Kier molecular flexibility index (Phi) is 6.68. The second kappa shape index (κ2) is 9.48. The van der Waals surface area contributed by atoms with Crippen LogP contribution in [-0.4, -0.2) is 64.1 Å². The number of anilines is 2. The first kappa shape index (κ1) is 22.6. The Bertz CT molecular complexity index is 1080. The number of amides is 1. The molecule has 2 aliphatic rings. The molecule has 1 atom stereocenters. The first-order valence-electron chi connectivity index (χ1n) is 10.9. The van der Waals surface area contributed by atoms with Gasteiger partial charge in [0, 0.05) is 25.3 Å². The van der Waals surface area contributed by atoms with Gasteiger partial charge in [0.05, 0.1) is 30.4 Å². The molecule has 0 aliphatic carbocycles. The zero-order chi connectivity index (χ0) is 22.7. The van der Waals surface area contributed by atoms with Gasteiger partial charge in [0.15, 0.2) is 0 Å². The molecule has 0 bridgehead atoms. The van der Waals surface area contributed by atoms with E-state index in [4.69, 9.17) is 9.47 Å². The molecule has 1 unspecified atom stereocenters. The number of hydrogen-bond donors (Lipinski definition) is 1. The van der Waals surface area contributed by atoms with Crippen molar-refractivity contribution in [3.05, 3.63) is 48.0 Å². The van der Waals surface area contributed by atoms with Crippen molar-refractivity contribution in [1.29, 1.82) is 0 Å². The number of fused-ring (bicyclic) bond motifs is 1. The number of benzene rings is 2. The minimum absolute atomic E-state index is 0.0705. The van der Waals surface area contributed by atoms with E-state index in [1.807, 2.05) is 31.2 Å². The molecule has 1 saturated heterocycles. The van der Waals surface area contributed by atoms with E-state index in [2.05, 4.69) is 5.32 Å². The van der Waals surface area contributed by atoms with Gasteiger partial charge in [0.25, 0.3) is 0 Å². The van der Waals surface area contributed by atoms with Gasteiger partial charge in [-0.3, -0.25) is 4.79 Å². The third-order valence-corrected chi connectivity index (χ3v) is 7.65. The van der Waals surface area contributed by atoms with E-state index >= 15 is 0 Å². The second-order valence-corrected chi connectivity index (χ2v) is 9.78. The number of rotatable bonds is 7. The van der Waals surface area contributed by atoms with Crippen molar-refractivity contribution in [2.24, 2.45) is 0 Å². The number of hydrogen-bond acceptors (Lipinski definition) is 6. The normalized spacial score (nSPS) is 17.6. The quantitative estimate of drug-likeness (QED) is 0.685. The first-order valence-corrected chi connectivity index (χ1v) is 12.4. The number of nitrogens with zero attached hydrogens (tertiary/aromatic N) is 2. The summed E-state index contributed by atoms with van der Waals surface area (Å²) < 4.78 is 38.6. The van der Waals surface area contributed by atoms with E-state index in [1.165, 1.54) is 4.31 Å². The highest BCUT2D eigenvalue weighted by atomic mass is 32.2. The predicted octanol–water partition coefficient (Wildman–Crippen LogP) is 2.50. The van der Waals surface area contributed by atoms with Crippen LogP contribution in [0.15, 0.2) is 47.4 Å². The molecule has 2 aromatic rings. The Morgan fingerprint density at radius 1 is 1.16 bits per heavy atom. The van der Waals surface area contributed by atoms with Crippen molar-refractivity contribution in [3.63, 3.8) is 0 Å². The third-order valence-electron chi connectivity index (χ3n) is 5.75. The molecule has 0 aromatic heterocycles. The van der Waals surface area contributed by atoms with Crippen molar-refractivity contribution in [1.82, 2.24) is 4.31 Å². The smallest absolute Gasteiger partial charge is 0.249 e. The fourth-order valence-electron chi connectivity index (χ4n) is 4.10. The fraction of sp³-hybridized carbons (Fsp3) is 0.435. The van der Waals surface area contributed by atoms with Gasteiger partial charge in [-0.2, -0.15) is 4.31 Å². The molecule has 32 heavy (non-hydrogen) atoms. The maximum Gasteiger partial charge on any atom is 0.249 e. The summed E-state index contributed by atoms with van der Waals surface area (Å²) in [5, 5.41) is 3.19. The summed E-state index contributed by atoms with van der Waals surface area (Å²) in [6, 6.07) is 12.1. The summed E-state index contributed by atoms with van der Waals surface area (Å²) in [5.41, 5.74) is 2.57. The van der Waals surface area contributed by atoms with Gasteiger partial charge in [0.1, 0.15) is 11.8 Å². The minimum atomic E-state index is -3.67.